The molecule has 1 heteroatoms. The van der Waals surface area contributed by atoms with Crippen molar-refractivity contribution >= 4 is 0 Å². The monoisotopic (exact) mass is 123 g/mol. The first kappa shape index (κ1) is 6.40. The number of hydrogen-bond donors (Lipinski definition) is 1. The average molecular weight is 123 g/mol. The van der Waals surface area contributed by atoms with Crippen LogP contribution in [0.15, 0.2) is 23.5 Å². The van der Waals surface area contributed by atoms with Crippen molar-refractivity contribution in [2.75, 3.05) is 0 Å². The van der Waals surface area contributed by atoms with Gasteiger partial charge in [-0.1, -0.05) is 19.1 Å². The lowest BCUT2D eigenvalue weighted by molar-refractivity contribution is 0.810. The Morgan fingerprint density at radius 2 is 1.67 bits per heavy atom. The van der Waals surface area contributed by atoms with Crippen LogP contribution in [0.4, 0.5) is 0 Å². The van der Waals surface area contributed by atoms with E-state index in [-0.39, 0.29) is 0 Å². The van der Waals surface area contributed by atoms with Crippen LogP contribution in [0.25, 0.3) is 0 Å². The molecule has 0 aromatic heterocycles. The summed E-state index contributed by atoms with van der Waals surface area (Å²) in [5.74, 6) is 0.603. The second-order valence-electron chi connectivity index (χ2n) is 2.68. The van der Waals surface area contributed by atoms with Crippen molar-refractivity contribution in [3.8, 4) is 0 Å². The van der Waals surface area contributed by atoms with Crippen molar-refractivity contribution < 1.29 is 0 Å². The number of allylic oxidation sites excluding steroid dienone is 4. The van der Waals surface area contributed by atoms with Gasteiger partial charge in [-0.15, -0.1) is 0 Å². The van der Waals surface area contributed by atoms with Gasteiger partial charge in [-0.25, -0.2) is 0 Å². The highest BCUT2D eigenvalue weighted by molar-refractivity contribution is 5.18. The fourth-order valence-corrected chi connectivity index (χ4v) is 1.23. The van der Waals surface area contributed by atoms with Crippen LogP contribution in [0.5, 0.6) is 0 Å². The topological polar surface area (TPSA) is 12.0 Å². The minimum atomic E-state index is 0.603. The smallest absolute Gasteiger partial charge is 0.00822 e. The van der Waals surface area contributed by atoms with Crippen molar-refractivity contribution in [3.63, 3.8) is 0 Å². The van der Waals surface area contributed by atoms with E-state index in [1.807, 2.05) is 0 Å². The van der Waals surface area contributed by atoms with Crippen LogP contribution in [0, 0.1) is 5.92 Å². The molecule has 1 aliphatic rings. The summed E-state index contributed by atoms with van der Waals surface area (Å²) in [5.41, 5.74) is 2.53. The van der Waals surface area contributed by atoms with E-state index in [0.29, 0.717) is 5.92 Å². The lowest BCUT2D eigenvalue weighted by atomic mass is 10.1. The molecule has 0 fully saturated rings. The third-order valence-corrected chi connectivity index (χ3v) is 1.42. The predicted molar refractivity (Wildman–Crippen MR) is 39.8 cm³/mol. The zero-order valence-electron chi connectivity index (χ0n) is 6.23. The summed E-state index contributed by atoms with van der Waals surface area (Å²) in [6.45, 7) is 6.37. The SMILES string of the molecule is CC1=CC(C)C=C(C)N1. The van der Waals surface area contributed by atoms with E-state index in [1.54, 1.807) is 0 Å². The van der Waals surface area contributed by atoms with Crippen LogP contribution in [-0.4, -0.2) is 0 Å². The molecular weight excluding hydrogens is 110 g/mol. The third-order valence-electron chi connectivity index (χ3n) is 1.42. The number of dihydropyridines is 1. The number of rotatable bonds is 0. The van der Waals surface area contributed by atoms with Gasteiger partial charge in [-0.05, 0) is 19.8 Å². The minimum Gasteiger partial charge on any atom is -0.363 e. The highest BCUT2D eigenvalue weighted by Crippen LogP contribution is 2.11. The molecule has 0 amide bonds. The Bertz CT molecular complexity index is 147. The molecule has 1 N–H and O–H groups in total. The van der Waals surface area contributed by atoms with Crippen molar-refractivity contribution in [1.29, 1.82) is 0 Å². The van der Waals surface area contributed by atoms with Gasteiger partial charge in [-0.2, -0.15) is 0 Å². The maximum Gasteiger partial charge on any atom is 0.00822 e. The molecule has 1 nitrogen and oxygen atoms in total. The Morgan fingerprint density at radius 1 is 1.22 bits per heavy atom. The maximum atomic E-state index is 3.23. The van der Waals surface area contributed by atoms with Gasteiger partial charge in [-0.3, -0.25) is 0 Å². The Balaban J connectivity index is 2.69. The summed E-state index contributed by atoms with van der Waals surface area (Å²) < 4.78 is 0. The van der Waals surface area contributed by atoms with Gasteiger partial charge in [0, 0.05) is 11.4 Å². The molecule has 0 saturated heterocycles. The van der Waals surface area contributed by atoms with E-state index in [9.17, 15) is 0 Å². The van der Waals surface area contributed by atoms with Crippen molar-refractivity contribution in [3.05, 3.63) is 23.5 Å². The normalized spacial score (nSPS) is 20.3. The standard InChI is InChI=1S/C8H13N/c1-6-4-7(2)9-8(3)5-6/h4-6,9H,1-3H3. The summed E-state index contributed by atoms with van der Waals surface area (Å²) in [6.07, 6.45) is 4.43. The summed E-state index contributed by atoms with van der Waals surface area (Å²) in [6, 6.07) is 0. The van der Waals surface area contributed by atoms with Crippen LogP contribution < -0.4 is 5.32 Å². The molecule has 0 aliphatic carbocycles. The lowest BCUT2D eigenvalue weighted by Gasteiger charge is -2.15. The summed E-state index contributed by atoms with van der Waals surface area (Å²) in [7, 11) is 0. The van der Waals surface area contributed by atoms with Gasteiger partial charge in [0.25, 0.3) is 0 Å². The molecule has 1 aliphatic heterocycles. The first-order valence-corrected chi connectivity index (χ1v) is 3.32. The Hall–Kier alpha value is -0.720. The van der Waals surface area contributed by atoms with Gasteiger partial charge in [0.1, 0.15) is 0 Å². The minimum absolute atomic E-state index is 0.603. The van der Waals surface area contributed by atoms with Gasteiger partial charge in [0.2, 0.25) is 0 Å². The molecule has 0 unspecified atom stereocenters. The maximum absolute atomic E-state index is 3.23. The van der Waals surface area contributed by atoms with Crippen LogP contribution in [0.1, 0.15) is 20.8 Å². The molecular formula is C8H13N. The molecule has 0 saturated carbocycles. The lowest BCUT2D eigenvalue weighted by Crippen LogP contribution is -2.13. The van der Waals surface area contributed by atoms with Gasteiger partial charge < -0.3 is 5.32 Å². The highest BCUT2D eigenvalue weighted by atomic mass is 14.9. The van der Waals surface area contributed by atoms with Crippen LogP contribution in [0.2, 0.25) is 0 Å². The van der Waals surface area contributed by atoms with E-state index in [2.05, 4.69) is 38.2 Å². The molecule has 50 valence electrons. The Morgan fingerprint density at radius 3 is 2.00 bits per heavy atom. The molecule has 1 heterocycles. The molecule has 0 aromatic rings. The predicted octanol–water partition coefficient (Wildman–Crippen LogP) is 2.03. The molecule has 0 aromatic carbocycles. The van der Waals surface area contributed by atoms with E-state index < -0.39 is 0 Å². The average Bonchev–Trinajstić information content (AvgIpc) is 1.59. The first-order chi connectivity index (χ1) is 4.18. The quantitative estimate of drug-likeness (QED) is 0.519. The zero-order chi connectivity index (χ0) is 6.85. The van der Waals surface area contributed by atoms with Crippen LogP contribution in [-0.2, 0) is 0 Å². The number of nitrogens with one attached hydrogen (secondary N) is 1. The van der Waals surface area contributed by atoms with Crippen molar-refractivity contribution in [1.82, 2.24) is 5.32 Å². The molecule has 1 rings (SSSR count). The summed E-state index contributed by atoms with van der Waals surface area (Å²) in [5, 5.41) is 3.23. The van der Waals surface area contributed by atoms with E-state index >= 15 is 0 Å². The van der Waals surface area contributed by atoms with Gasteiger partial charge in [0.15, 0.2) is 0 Å². The van der Waals surface area contributed by atoms with Gasteiger partial charge >= 0.3 is 0 Å². The molecule has 0 spiro atoms. The van der Waals surface area contributed by atoms with Crippen molar-refractivity contribution in [2.45, 2.75) is 20.8 Å². The molecule has 0 bridgehead atoms. The zero-order valence-corrected chi connectivity index (χ0v) is 6.23. The molecule has 9 heavy (non-hydrogen) atoms. The fraction of sp³-hybridized carbons (Fsp3) is 0.500. The summed E-state index contributed by atoms with van der Waals surface area (Å²) >= 11 is 0. The second kappa shape index (κ2) is 2.26. The van der Waals surface area contributed by atoms with E-state index in [4.69, 9.17) is 0 Å². The number of hydrogen-bond acceptors (Lipinski definition) is 1. The molecule has 0 atom stereocenters. The fourth-order valence-electron chi connectivity index (χ4n) is 1.23. The Kier molecular flexibility index (Phi) is 1.60. The van der Waals surface area contributed by atoms with Gasteiger partial charge in [0.05, 0.1) is 0 Å². The largest absolute Gasteiger partial charge is 0.363 e. The molecule has 0 radical (unpaired) electrons. The van der Waals surface area contributed by atoms with E-state index in [0.717, 1.165) is 0 Å². The second-order valence-corrected chi connectivity index (χ2v) is 2.68. The third kappa shape index (κ3) is 1.60. The van der Waals surface area contributed by atoms with Crippen LogP contribution in [0.3, 0.4) is 0 Å². The summed E-state index contributed by atoms with van der Waals surface area (Å²) in [4.78, 5) is 0. The Labute approximate surface area is 56.5 Å². The van der Waals surface area contributed by atoms with Crippen LogP contribution >= 0.6 is 0 Å². The van der Waals surface area contributed by atoms with Crippen molar-refractivity contribution in [2.24, 2.45) is 5.92 Å². The first-order valence-electron chi connectivity index (χ1n) is 3.32. The van der Waals surface area contributed by atoms with E-state index in [1.165, 1.54) is 11.4 Å². The highest BCUT2D eigenvalue weighted by Gasteiger charge is 2.01.